The summed E-state index contributed by atoms with van der Waals surface area (Å²) in [5.74, 6) is 0. The highest BCUT2D eigenvalue weighted by molar-refractivity contribution is 6.31. The summed E-state index contributed by atoms with van der Waals surface area (Å²) in [5.41, 5.74) is 2.65. The molecule has 0 fully saturated rings. The monoisotopic (exact) mass is 286 g/mol. The molecule has 0 saturated heterocycles. The molecule has 2 N–H and O–H groups in total. The largest absolute Gasteiger partial charge is 0.323 e. The van der Waals surface area contributed by atoms with E-state index in [1.807, 2.05) is 55.5 Å². The van der Waals surface area contributed by atoms with Gasteiger partial charge in [-0.3, -0.25) is 0 Å². The van der Waals surface area contributed by atoms with Gasteiger partial charge in [0.15, 0.2) is 0 Å². The molecule has 4 heteroatoms. The van der Waals surface area contributed by atoms with Crippen LogP contribution in [0.1, 0.15) is 11.1 Å². The van der Waals surface area contributed by atoms with Crippen molar-refractivity contribution in [2.75, 3.05) is 5.32 Å². The third-order valence-corrected chi connectivity index (χ3v) is 3.13. The molecule has 2 aromatic carbocycles. The minimum absolute atomic E-state index is 0.308. The van der Waals surface area contributed by atoms with Crippen LogP contribution in [0.2, 0.25) is 5.02 Å². The van der Waals surface area contributed by atoms with Crippen LogP contribution in [-0.2, 0) is 0 Å². The van der Waals surface area contributed by atoms with Crippen molar-refractivity contribution in [3.8, 4) is 0 Å². The number of carbonyl (C=O) groups excluding carboxylic acids is 1. The molecule has 0 aliphatic heterocycles. The predicted molar refractivity (Wildman–Crippen MR) is 83.8 cm³/mol. The fraction of sp³-hybridized carbons (Fsp3) is 0.0625. The van der Waals surface area contributed by atoms with Gasteiger partial charge in [0, 0.05) is 16.9 Å². The molecule has 2 rings (SSSR count). The number of halogens is 1. The zero-order valence-corrected chi connectivity index (χ0v) is 11.8. The Morgan fingerprint density at radius 2 is 1.90 bits per heavy atom. The molecule has 0 saturated carbocycles. The van der Waals surface area contributed by atoms with Crippen LogP contribution < -0.4 is 10.6 Å². The molecule has 0 radical (unpaired) electrons. The van der Waals surface area contributed by atoms with Crippen LogP contribution >= 0.6 is 11.6 Å². The van der Waals surface area contributed by atoms with E-state index in [1.54, 1.807) is 12.3 Å². The van der Waals surface area contributed by atoms with Gasteiger partial charge in [-0.15, -0.1) is 0 Å². The first-order chi connectivity index (χ1) is 9.65. The zero-order valence-electron chi connectivity index (χ0n) is 11.1. The van der Waals surface area contributed by atoms with Gasteiger partial charge >= 0.3 is 6.03 Å². The SMILES string of the molecule is Cc1ccc(NC(=O)N/C=C/c2ccccc2)cc1Cl. The van der Waals surface area contributed by atoms with Crippen LogP contribution in [0.15, 0.2) is 54.7 Å². The minimum atomic E-state index is -0.308. The van der Waals surface area contributed by atoms with E-state index in [2.05, 4.69) is 10.6 Å². The number of nitrogens with one attached hydrogen (secondary N) is 2. The van der Waals surface area contributed by atoms with Crippen molar-refractivity contribution < 1.29 is 4.79 Å². The standard InChI is InChI=1S/C16H15ClN2O/c1-12-7-8-14(11-15(12)17)19-16(20)18-10-9-13-5-3-2-4-6-13/h2-11H,1H3,(H2,18,19,20)/b10-9+. The molecule has 102 valence electrons. The van der Waals surface area contributed by atoms with Gasteiger partial charge in [0.05, 0.1) is 0 Å². The van der Waals surface area contributed by atoms with E-state index in [4.69, 9.17) is 11.6 Å². The summed E-state index contributed by atoms with van der Waals surface area (Å²) >= 11 is 6.00. The number of hydrogen-bond acceptors (Lipinski definition) is 1. The molecule has 0 aliphatic carbocycles. The first-order valence-electron chi connectivity index (χ1n) is 6.20. The van der Waals surface area contributed by atoms with Gasteiger partial charge in [0.25, 0.3) is 0 Å². The molecule has 0 aromatic heterocycles. The Balaban J connectivity index is 1.89. The molecule has 0 unspecified atom stereocenters. The van der Waals surface area contributed by atoms with Crippen LogP contribution in [0.25, 0.3) is 6.08 Å². The maximum Gasteiger partial charge on any atom is 0.323 e. The Bertz CT molecular complexity index is 624. The van der Waals surface area contributed by atoms with Crippen molar-refractivity contribution >= 4 is 29.4 Å². The Morgan fingerprint density at radius 3 is 2.60 bits per heavy atom. The van der Waals surface area contributed by atoms with Crippen LogP contribution in [-0.4, -0.2) is 6.03 Å². The Labute approximate surface area is 123 Å². The van der Waals surface area contributed by atoms with E-state index < -0.39 is 0 Å². The van der Waals surface area contributed by atoms with Crippen molar-refractivity contribution in [1.29, 1.82) is 0 Å². The molecule has 0 bridgehead atoms. The number of aryl methyl sites for hydroxylation is 1. The second-order valence-electron chi connectivity index (χ2n) is 4.31. The van der Waals surface area contributed by atoms with Crippen molar-refractivity contribution in [3.05, 3.63) is 70.9 Å². The van der Waals surface area contributed by atoms with Gasteiger partial charge in [-0.05, 0) is 36.3 Å². The summed E-state index contributed by atoms with van der Waals surface area (Å²) in [6, 6.07) is 14.8. The average molecular weight is 287 g/mol. The number of rotatable bonds is 3. The number of benzene rings is 2. The molecule has 2 amide bonds. The highest BCUT2D eigenvalue weighted by Gasteiger charge is 2.01. The summed E-state index contributed by atoms with van der Waals surface area (Å²) in [6.45, 7) is 1.91. The van der Waals surface area contributed by atoms with Crippen molar-refractivity contribution in [2.45, 2.75) is 6.92 Å². The molecule has 2 aromatic rings. The maximum atomic E-state index is 11.7. The highest BCUT2D eigenvalue weighted by atomic mass is 35.5. The number of amides is 2. The summed E-state index contributed by atoms with van der Waals surface area (Å²) in [6.07, 6.45) is 3.42. The Kier molecular flexibility index (Phi) is 4.80. The lowest BCUT2D eigenvalue weighted by molar-refractivity contribution is 0.255. The van der Waals surface area contributed by atoms with Gasteiger partial charge in [-0.25, -0.2) is 4.79 Å². The summed E-state index contributed by atoms with van der Waals surface area (Å²) in [5, 5.41) is 5.98. The zero-order chi connectivity index (χ0) is 14.4. The second-order valence-corrected chi connectivity index (χ2v) is 4.71. The molecule has 0 atom stereocenters. The van der Waals surface area contributed by atoms with Gasteiger partial charge in [-0.2, -0.15) is 0 Å². The quantitative estimate of drug-likeness (QED) is 0.860. The van der Waals surface area contributed by atoms with Crippen LogP contribution in [0, 0.1) is 6.92 Å². The van der Waals surface area contributed by atoms with E-state index in [0.717, 1.165) is 11.1 Å². The van der Waals surface area contributed by atoms with Crippen molar-refractivity contribution in [1.82, 2.24) is 5.32 Å². The molecule has 3 nitrogen and oxygen atoms in total. The van der Waals surface area contributed by atoms with E-state index >= 15 is 0 Å². The minimum Gasteiger partial charge on any atom is -0.314 e. The van der Waals surface area contributed by atoms with E-state index in [-0.39, 0.29) is 6.03 Å². The van der Waals surface area contributed by atoms with E-state index in [9.17, 15) is 4.79 Å². The Hall–Kier alpha value is -2.26. The topological polar surface area (TPSA) is 41.1 Å². The van der Waals surface area contributed by atoms with Crippen LogP contribution in [0.5, 0.6) is 0 Å². The van der Waals surface area contributed by atoms with Crippen LogP contribution in [0.4, 0.5) is 10.5 Å². The van der Waals surface area contributed by atoms with Crippen molar-refractivity contribution in [3.63, 3.8) is 0 Å². The predicted octanol–water partition coefficient (Wildman–Crippen LogP) is 4.44. The summed E-state index contributed by atoms with van der Waals surface area (Å²) in [7, 11) is 0. The number of carbonyl (C=O) groups is 1. The molecule has 0 heterocycles. The lowest BCUT2D eigenvalue weighted by Crippen LogP contribution is -2.23. The maximum absolute atomic E-state index is 11.7. The summed E-state index contributed by atoms with van der Waals surface area (Å²) in [4.78, 5) is 11.7. The normalized spacial score (nSPS) is 10.5. The number of anilines is 1. The van der Waals surface area contributed by atoms with Gasteiger partial charge in [-0.1, -0.05) is 48.0 Å². The third-order valence-electron chi connectivity index (χ3n) is 2.72. The molecule has 20 heavy (non-hydrogen) atoms. The first kappa shape index (κ1) is 14.2. The number of hydrogen-bond donors (Lipinski definition) is 2. The first-order valence-corrected chi connectivity index (χ1v) is 6.58. The number of urea groups is 1. The Morgan fingerprint density at radius 1 is 1.15 bits per heavy atom. The molecule has 0 aliphatic rings. The van der Waals surface area contributed by atoms with E-state index in [1.165, 1.54) is 0 Å². The fourth-order valence-electron chi connectivity index (χ4n) is 1.62. The average Bonchev–Trinajstić information content (AvgIpc) is 2.44. The highest BCUT2D eigenvalue weighted by Crippen LogP contribution is 2.19. The summed E-state index contributed by atoms with van der Waals surface area (Å²) < 4.78 is 0. The molecular weight excluding hydrogens is 272 g/mol. The van der Waals surface area contributed by atoms with Gasteiger partial charge in [0.1, 0.15) is 0 Å². The van der Waals surface area contributed by atoms with Crippen LogP contribution in [0.3, 0.4) is 0 Å². The molecule has 0 spiro atoms. The molecular formula is C16H15ClN2O. The lowest BCUT2D eigenvalue weighted by Gasteiger charge is -2.06. The second kappa shape index (κ2) is 6.78. The third kappa shape index (κ3) is 4.14. The fourth-order valence-corrected chi connectivity index (χ4v) is 1.80. The van der Waals surface area contributed by atoms with Crippen molar-refractivity contribution in [2.24, 2.45) is 0 Å². The van der Waals surface area contributed by atoms with Gasteiger partial charge < -0.3 is 10.6 Å². The van der Waals surface area contributed by atoms with E-state index in [0.29, 0.717) is 10.7 Å². The van der Waals surface area contributed by atoms with Gasteiger partial charge in [0.2, 0.25) is 0 Å². The smallest absolute Gasteiger partial charge is 0.314 e. The lowest BCUT2D eigenvalue weighted by atomic mass is 10.2.